The number of nitrogens with one attached hydrogen (secondary N) is 1. The van der Waals surface area contributed by atoms with Crippen LogP contribution < -0.4 is 10.1 Å². The zero-order chi connectivity index (χ0) is 18.9. The highest BCUT2D eigenvalue weighted by Gasteiger charge is 2.23. The molecule has 0 atom stereocenters. The molecule has 1 aromatic heterocycles. The second kappa shape index (κ2) is 9.58. The quantitative estimate of drug-likeness (QED) is 0.799. The normalized spacial score (nSPS) is 14.4. The molecule has 0 spiro atoms. The van der Waals surface area contributed by atoms with Crippen LogP contribution in [0.4, 0.5) is 4.79 Å². The molecule has 140 valence electrons. The largest absolute Gasteiger partial charge is 0.474 e. The minimum absolute atomic E-state index is 0.00184. The molecule has 1 fully saturated rings. The molecule has 1 aliphatic heterocycles. The van der Waals surface area contributed by atoms with Crippen molar-refractivity contribution in [2.45, 2.75) is 31.8 Å². The predicted molar refractivity (Wildman–Crippen MR) is 102 cm³/mol. The summed E-state index contributed by atoms with van der Waals surface area (Å²) in [7, 11) is 0. The number of pyridine rings is 1. The number of urea groups is 1. The van der Waals surface area contributed by atoms with Gasteiger partial charge in [0.15, 0.2) is 0 Å². The van der Waals surface area contributed by atoms with Crippen molar-refractivity contribution in [3.8, 4) is 11.9 Å². The Bertz CT molecular complexity index is 763. The molecule has 6 heteroatoms. The Balaban J connectivity index is 1.34. The van der Waals surface area contributed by atoms with Crippen LogP contribution in [-0.4, -0.2) is 41.7 Å². The van der Waals surface area contributed by atoms with Crippen molar-refractivity contribution in [2.24, 2.45) is 0 Å². The first-order valence-corrected chi connectivity index (χ1v) is 9.34. The van der Waals surface area contributed by atoms with Crippen molar-refractivity contribution >= 4 is 6.03 Å². The maximum absolute atomic E-state index is 12.3. The van der Waals surface area contributed by atoms with Crippen LogP contribution in [0.1, 0.15) is 30.4 Å². The van der Waals surface area contributed by atoms with E-state index >= 15 is 0 Å². The highest BCUT2D eigenvalue weighted by atomic mass is 16.5. The third-order valence-electron chi connectivity index (χ3n) is 4.64. The van der Waals surface area contributed by atoms with Gasteiger partial charge in [-0.3, -0.25) is 0 Å². The number of carbonyl (C=O) groups is 1. The van der Waals surface area contributed by atoms with E-state index in [0.717, 1.165) is 25.7 Å². The van der Waals surface area contributed by atoms with E-state index in [1.807, 2.05) is 29.2 Å². The molecule has 1 aromatic carbocycles. The van der Waals surface area contributed by atoms with Crippen LogP contribution in [0, 0.1) is 11.3 Å². The standard InChI is InChI=1S/C21H24N4O2/c22-15-18-8-9-20(24-16-18)27-19-10-13-25(14-11-19)21(26)23-12-4-7-17-5-2-1-3-6-17/h1-3,5-6,8-9,16,19H,4,7,10-14H2,(H,23,26). The number of hydrogen-bond donors (Lipinski definition) is 1. The van der Waals surface area contributed by atoms with E-state index in [0.29, 0.717) is 31.1 Å². The number of likely N-dealkylation sites (tertiary alicyclic amines) is 1. The first-order valence-electron chi connectivity index (χ1n) is 9.34. The van der Waals surface area contributed by atoms with Crippen molar-refractivity contribution < 1.29 is 9.53 Å². The number of hydrogen-bond acceptors (Lipinski definition) is 4. The van der Waals surface area contributed by atoms with Crippen LogP contribution in [-0.2, 0) is 6.42 Å². The third-order valence-corrected chi connectivity index (χ3v) is 4.64. The Labute approximate surface area is 159 Å². The smallest absolute Gasteiger partial charge is 0.317 e. The molecule has 2 amide bonds. The van der Waals surface area contributed by atoms with Crippen molar-refractivity contribution in [2.75, 3.05) is 19.6 Å². The number of rotatable bonds is 6. The van der Waals surface area contributed by atoms with Gasteiger partial charge in [0, 0.05) is 44.7 Å². The molecule has 2 aromatic rings. The fourth-order valence-electron chi connectivity index (χ4n) is 3.11. The second-order valence-corrected chi connectivity index (χ2v) is 6.62. The summed E-state index contributed by atoms with van der Waals surface area (Å²) < 4.78 is 5.85. The van der Waals surface area contributed by atoms with Crippen molar-refractivity contribution in [3.05, 3.63) is 59.8 Å². The number of nitrogens with zero attached hydrogens (tertiary/aromatic N) is 3. The third kappa shape index (κ3) is 5.71. The van der Waals surface area contributed by atoms with Gasteiger partial charge in [0.1, 0.15) is 12.2 Å². The summed E-state index contributed by atoms with van der Waals surface area (Å²) in [4.78, 5) is 18.3. The topological polar surface area (TPSA) is 78.2 Å². The molecular formula is C21H24N4O2. The summed E-state index contributed by atoms with van der Waals surface area (Å²) in [6.07, 6.45) is 5.01. The molecule has 0 bridgehead atoms. The Morgan fingerprint density at radius 3 is 2.67 bits per heavy atom. The molecule has 27 heavy (non-hydrogen) atoms. The zero-order valence-electron chi connectivity index (χ0n) is 15.3. The minimum atomic E-state index is -0.00184. The van der Waals surface area contributed by atoms with Crippen LogP contribution in [0.15, 0.2) is 48.7 Å². The Morgan fingerprint density at radius 1 is 1.22 bits per heavy atom. The van der Waals surface area contributed by atoms with Crippen LogP contribution in [0.5, 0.6) is 5.88 Å². The molecule has 0 saturated carbocycles. The number of carbonyl (C=O) groups excluding carboxylic acids is 1. The van der Waals surface area contributed by atoms with E-state index in [9.17, 15) is 4.79 Å². The zero-order valence-corrected chi connectivity index (χ0v) is 15.3. The first kappa shape index (κ1) is 18.7. The average Bonchev–Trinajstić information content (AvgIpc) is 2.73. The van der Waals surface area contributed by atoms with Crippen molar-refractivity contribution in [1.82, 2.24) is 15.2 Å². The molecule has 0 aliphatic carbocycles. The number of aryl methyl sites for hydroxylation is 1. The average molecular weight is 364 g/mol. The van der Waals surface area contributed by atoms with Gasteiger partial charge in [0.25, 0.3) is 0 Å². The summed E-state index contributed by atoms with van der Waals surface area (Å²) >= 11 is 0. The SMILES string of the molecule is N#Cc1ccc(OC2CCN(C(=O)NCCCc3ccccc3)CC2)nc1. The molecule has 1 aliphatic rings. The molecule has 1 saturated heterocycles. The summed E-state index contributed by atoms with van der Waals surface area (Å²) in [6.45, 7) is 2.02. The molecule has 1 N–H and O–H groups in total. The van der Waals surface area contributed by atoms with Gasteiger partial charge in [-0.05, 0) is 24.5 Å². The number of piperidine rings is 1. The van der Waals surface area contributed by atoms with Gasteiger partial charge in [0.05, 0.1) is 5.56 Å². The van der Waals surface area contributed by atoms with Gasteiger partial charge >= 0.3 is 6.03 Å². The maximum atomic E-state index is 12.3. The highest BCUT2D eigenvalue weighted by Crippen LogP contribution is 2.17. The van der Waals surface area contributed by atoms with Gasteiger partial charge in [-0.1, -0.05) is 30.3 Å². The van der Waals surface area contributed by atoms with E-state index < -0.39 is 0 Å². The van der Waals surface area contributed by atoms with Crippen LogP contribution in [0.2, 0.25) is 0 Å². The molecular weight excluding hydrogens is 340 g/mol. The molecule has 2 heterocycles. The molecule has 6 nitrogen and oxygen atoms in total. The summed E-state index contributed by atoms with van der Waals surface area (Å²) in [5, 5.41) is 11.8. The fraction of sp³-hybridized carbons (Fsp3) is 0.381. The van der Waals surface area contributed by atoms with Gasteiger partial charge < -0.3 is 15.0 Å². The number of amides is 2. The van der Waals surface area contributed by atoms with Gasteiger partial charge in [0.2, 0.25) is 5.88 Å². The van der Waals surface area contributed by atoms with Crippen molar-refractivity contribution in [3.63, 3.8) is 0 Å². The molecule has 0 radical (unpaired) electrons. The number of benzene rings is 1. The van der Waals surface area contributed by atoms with E-state index in [2.05, 4.69) is 22.4 Å². The minimum Gasteiger partial charge on any atom is -0.474 e. The number of ether oxygens (including phenoxy) is 1. The number of nitriles is 1. The van der Waals surface area contributed by atoms with Crippen LogP contribution >= 0.6 is 0 Å². The Hall–Kier alpha value is -3.07. The van der Waals surface area contributed by atoms with Crippen LogP contribution in [0.3, 0.4) is 0 Å². The molecule has 0 unspecified atom stereocenters. The molecule has 3 rings (SSSR count). The summed E-state index contributed by atoms with van der Waals surface area (Å²) in [6, 6.07) is 15.7. The first-order chi connectivity index (χ1) is 13.2. The predicted octanol–water partition coefficient (Wildman–Crippen LogP) is 3.14. The lowest BCUT2D eigenvalue weighted by Gasteiger charge is -2.32. The van der Waals surface area contributed by atoms with E-state index in [-0.39, 0.29) is 12.1 Å². The summed E-state index contributed by atoms with van der Waals surface area (Å²) in [5.74, 6) is 0.526. The van der Waals surface area contributed by atoms with E-state index in [1.165, 1.54) is 11.8 Å². The van der Waals surface area contributed by atoms with Gasteiger partial charge in [-0.25, -0.2) is 9.78 Å². The van der Waals surface area contributed by atoms with E-state index in [1.54, 1.807) is 12.1 Å². The van der Waals surface area contributed by atoms with Gasteiger partial charge in [-0.15, -0.1) is 0 Å². The lowest BCUT2D eigenvalue weighted by Crippen LogP contribution is -2.46. The highest BCUT2D eigenvalue weighted by molar-refractivity contribution is 5.74. The lowest BCUT2D eigenvalue weighted by molar-refractivity contribution is 0.107. The van der Waals surface area contributed by atoms with Crippen molar-refractivity contribution in [1.29, 1.82) is 5.26 Å². The fourth-order valence-corrected chi connectivity index (χ4v) is 3.11. The maximum Gasteiger partial charge on any atom is 0.317 e. The number of aromatic nitrogens is 1. The van der Waals surface area contributed by atoms with Crippen LogP contribution in [0.25, 0.3) is 0 Å². The Morgan fingerprint density at radius 2 is 2.00 bits per heavy atom. The monoisotopic (exact) mass is 364 g/mol. The Kier molecular flexibility index (Phi) is 6.64. The van der Waals surface area contributed by atoms with E-state index in [4.69, 9.17) is 10.00 Å². The second-order valence-electron chi connectivity index (χ2n) is 6.62. The van der Waals surface area contributed by atoms with Gasteiger partial charge in [-0.2, -0.15) is 5.26 Å². The summed E-state index contributed by atoms with van der Waals surface area (Å²) in [5.41, 5.74) is 1.81. The lowest BCUT2D eigenvalue weighted by atomic mass is 10.1.